The maximum Gasteiger partial charge on any atom is 0.271 e. The second-order valence-electron chi connectivity index (χ2n) is 3.81. The zero-order chi connectivity index (χ0) is 14.0. The van der Waals surface area contributed by atoms with E-state index in [2.05, 4.69) is 4.90 Å². The van der Waals surface area contributed by atoms with Gasteiger partial charge in [0.25, 0.3) is 7.37 Å². The minimum Gasteiger partial charge on any atom is -0.345 e. The van der Waals surface area contributed by atoms with Gasteiger partial charge in [0.2, 0.25) is 6.03 Å². The second-order valence-corrected chi connectivity index (χ2v) is 6.22. The van der Waals surface area contributed by atoms with Crippen LogP contribution >= 0.6 is 7.37 Å². The summed E-state index contributed by atoms with van der Waals surface area (Å²) in [6, 6.07) is -0.756. The molecule has 0 aromatic carbocycles. The monoisotopic (exact) mass is 281 g/mol. The number of ether oxygens (including phenoxy) is 2. The number of nitrogens with zero attached hydrogens (tertiary/aromatic N) is 1. The van der Waals surface area contributed by atoms with Crippen molar-refractivity contribution in [3.05, 3.63) is 0 Å². The molecule has 0 saturated heterocycles. The molecule has 0 aliphatic heterocycles. The lowest BCUT2D eigenvalue weighted by Crippen LogP contribution is -2.30. The molecule has 0 aromatic rings. The summed E-state index contributed by atoms with van der Waals surface area (Å²) in [7, 11) is -2.97. The molecule has 0 N–H and O–H groups in total. The van der Waals surface area contributed by atoms with E-state index in [1.165, 1.54) is 0 Å². The summed E-state index contributed by atoms with van der Waals surface area (Å²) in [6.45, 7) is 12.6. The molecule has 0 bridgehead atoms. The SMILES string of the molecule is CCOC(OCC)[P@](=O)(CN(CC)CC)OCC. The van der Waals surface area contributed by atoms with Crippen LogP contribution in [-0.4, -0.2) is 50.1 Å². The molecule has 0 saturated carbocycles. The van der Waals surface area contributed by atoms with Gasteiger partial charge in [0.1, 0.15) is 0 Å². The minimum atomic E-state index is -2.97. The van der Waals surface area contributed by atoms with Crippen molar-refractivity contribution in [1.29, 1.82) is 0 Å². The van der Waals surface area contributed by atoms with Crippen LogP contribution < -0.4 is 0 Å². The lowest BCUT2D eigenvalue weighted by atomic mass is 10.6. The van der Waals surface area contributed by atoms with E-state index in [4.69, 9.17) is 14.0 Å². The molecule has 0 spiro atoms. The molecule has 18 heavy (non-hydrogen) atoms. The Morgan fingerprint density at radius 1 is 0.944 bits per heavy atom. The van der Waals surface area contributed by atoms with Crippen LogP contribution in [0.5, 0.6) is 0 Å². The molecule has 0 amide bonds. The van der Waals surface area contributed by atoms with Crippen molar-refractivity contribution < 1.29 is 18.6 Å². The average molecular weight is 281 g/mol. The molecule has 0 unspecified atom stereocenters. The van der Waals surface area contributed by atoms with Gasteiger partial charge in [-0.1, -0.05) is 13.8 Å². The van der Waals surface area contributed by atoms with Gasteiger partial charge in [-0.15, -0.1) is 0 Å². The van der Waals surface area contributed by atoms with Crippen LogP contribution in [0.2, 0.25) is 0 Å². The van der Waals surface area contributed by atoms with Gasteiger partial charge in [-0.05, 0) is 33.9 Å². The van der Waals surface area contributed by atoms with E-state index in [0.717, 1.165) is 13.1 Å². The van der Waals surface area contributed by atoms with Crippen LogP contribution in [0.3, 0.4) is 0 Å². The first-order chi connectivity index (χ1) is 8.57. The number of rotatable bonds is 11. The molecule has 1 atom stereocenters. The third kappa shape index (κ3) is 5.81. The summed E-state index contributed by atoms with van der Waals surface area (Å²) in [4.78, 5) is 2.07. The van der Waals surface area contributed by atoms with E-state index in [-0.39, 0.29) is 0 Å². The van der Waals surface area contributed by atoms with E-state index in [9.17, 15) is 4.57 Å². The van der Waals surface area contributed by atoms with Crippen LogP contribution in [0, 0.1) is 0 Å². The van der Waals surface area contributed by atoms with E-state index in [0.29, 0.717) is 26.1 Å². The Kier molecular flexibility index (Phi) is 9.97. The zero-order valence-corrected chi connectivity index (χ0v) is 13.2. The molecule has 0 aliphatic carbocycles. The van der Waals surface area contributed by atoms with Gasteiger partial charge in [0.05, 0.1) is 12.9 Å². The summed E-state index contributed by atoms with van der Waals surface area (Å²) in [5, 5.41) is 0. The van der Waals surface area contributed by atoms with E-state index < -0.39 is 13.4 Å². The van der Waals surface area contributed by atoms with Crippen molar-refractivity contribution in [3.63, 3.8) is 0 Å². The molecular weight excluding hydrogens is 253 g/mol. The molecule has 0 radical (unpaired) electrons. The van der Waals surface area contributed by atoms with Gasteiger partial charge < -0.3 is 14.0 Å². The highest BCUT2D eigenvalue weighted by atomic mass is 31.2. The molecule has 0 aliphatic rings. The normalized spacial score (nSPS) is 15.3. The van der Waals surface area contributed by atoms with Crippen molar-refractivity contribution in [2.75, 3.05) is 39.2 Å². The summed E-state index contributed by atoms with van der Waals surface area (Å²) >= 11 is 0. The van der Waals surface area contributed by atoms with Gasteiger partial charge in [-0.3, -0.25) is 9.46 Å². The average Bonchev–Trinajstić information content (AvgIpc) is 2.36. The van der Waals surface area contributed by atoms with Crippen LogP contribution in [-0.2, 0) is 18.6 Å². The maximum absolute atomic E-state index is 12.9. The quantitative estimate of drug-likeness (QED) is 0.430. The predicted molar refractivity (Wildman–Crippen MR) is 74.1 cm³/mol. The van der Waals surface area contributed by atoms with Crippen LogP contribution in [0.4, 0.5) is 0 Å². The molecule has 6 heteroatoms. The molecular formula is C12H28NO4P. The lowest BCUT2D eigenvalue weighted by Gasteiger charge is -2.30. The van der Waals surface area contributed by atoms with Crippen molar-refractivity contribution in [2.24, 2.45) is 0 Å². The highest BCUT2D eigenvalue weighted by Gasteiger charge is 2.37. The summed E-state index contributed by atoms with van der Waals surface area (Å²) in [5.74, 6) is 0. The molecule has 0 rings (SSSR count). The molecule has 110 valence electrons. The number of hydrogen-bond acceptors (Lipinski definition) is 5. The van der Waals surface area contributed by atoms with E-state index in [1.807, 2.05) is 34.6 Å². The van der Waals surface area contributed by atoms with Crippen molar-refractivity contribution >= 4 is 7.37 Å². The largest absolute Gasteiger partial charge is 0.345 e. The van der Waals surface area contributed by atoms with Gasteiger partial charge in [0, 0.05) is 13.2 Å². The topological polar surface area (TPSA) is 48.0 Å². The van der Waals surface area contributed by atoms with Gasteiger partial charge in [0.15, 0.2) is 0 Å². The molecule has 0 heterocycles. The highest BCUT2D eigenvalue weighted by molar-refractivity contribution is 7.59. The van der Waals surface area contributed by atoms with Gasteiger partial charge in [-0.2, -0.15) is 0 Å². The number of hydrogen-bond donors (Lipinski definition) is 0. The smallest absolute Gasteiger partial charge is 0.271 e. The van der Waals surface area contributed by atoms with Gasteiger partial charge >= 0.3 is 0 Å². The molecule has 0 fully saturated rings. The summed E-state index contributed by atoms with van der Waals surface area (Å²) < 4.78 is 29.3. The Morgan fingerprint density at radius 3 is 1.78 bits per heavy atom. The van der Waals surface area contributed by atoms with Crippen LogP contribution in [0.15, 0.2) is 0 Å². The van der Waals surface area contributed by atoms with Crippen molar-refractivity contribution in [2.45, 2.75) is 40.6 Å². The Labute approximate surface area is 111 Å². The first kappa shape index (κ1) is 18.1. The standard InChI is InChI=1S/C12H28NO4P/c1-6-13(7-2)11-18(14,17-10-5)12(15-8-3)16-9-4/h12H,6-11H2,1-5H3/t18-/m0/s1. The maximum atomic E-state index is 12.9. The first-order valence-corrected chi connectivity index (χ1v) is 8.64. The lowest BCUT2D eigenvalue weighted by molar-refractivity contribution is -0.0897. The zero-order valence-electron chi connectivity index (χ0n) is 12.3. The fraction of sp³-hybridized carbons (Fsp3) is 1.00. The third-order valence-corrected chi connectivity index (χ3v) is 5.01. The Balaban J connectivity index is 4.88. The first-order valence-electron chi connectivity index (χ1n) is 6.76. The van der Waals surface area contributed by atoms with E-state index >= 15 is 0 Å². The highest BCUT2D eigenvalue weighted by Crippen LogP contribution is 2.53. The molecule has 0 aromatic heterocycles. The fourth-order valence-electron chi connectivity index (χ4n) is 1.65. The Hall–Kier alpha value is 0.0700. The predicted octanol–water partition coefficient (Wildman–Crippen LogP) is 2.96. The Bertz CT molecular complexity index is 240. The summed E-state index contributed by atoms with van der Waals surface area (Å²) in [5.41, 5.74) is 0. The fourth-order valence-corrected chi connectivity index (χ4v) is 4.13. The van der Waals surface area contributed by atoms with Crippen molar-refractivity contribution in [1.82, 2.24) is 4.90 Å². The third-order valence-electron chi connectivity index (χ3n) is 2.58. The molecule has 5 nitrogen and oxygen atoms in total. The van der Waals surface area contributed by atoms with Crippen LogP contribution in [0.25, 0.3) is 0 Å². The van der Waals surface area contributed by atoms with E-state index in [1.54, 1.807) is 0 Å². The van der Waals surface area contributed by atoms with Gasteiger partial charge in [-0.25, -0.2) is 0 Å². The summed E-state index contributed by atoms with van der Waals surface area (Å²) in [6.07, 6.45) is 0.374. The minimum absolute atomic E-state index is 0.374. The van der Waals surface area contributed by atoms with Crippen LogP contribution in [0.1, 0.15) is 34.6 Å². The van der Waals surface area contributed by atoms with Crippen molar-refractivity contribution in [3.8, 4) is 0 Å². The Morgan fingerprint density at radius 2 is 1.44 bits per heavy atom. The second kappa shape index (κ2) is 9.93.